The van der Waals surface area contributed by atoms with Crippen LogP contribution in [0.3, 0.4) is 0 Å². The molecule has 1 N–H and O–H groups in total. The van der Waals surface area contributed by atoms with Gasteiger partial charge in [-0.15, -0.1) is 0 Å². The number of nitrogens with zero attached hydrogens (tertiary/aromatic N) is 3. The van der Waals surface area contributed by atoms with E-state index in [1.54, 1.807) is 6.07 Å². The lowest BCUT2D eigenvalue weighted by Gasteiger charge is -2.08. The van der Waals surface area contributed by atoms with Gasteiger partial charge in [0.2, 0.25) is 0 Å². The van der Waals surface area contributed by atoms with Crippen molar-refractivity contribution < 1.29 is 14.8 Å². The second-order valence-electron chi connectivity index (χ2n) is 3.64. The van der Waals surface area contributed by atoms with Gasteiger partial charge in [-0.05, 0) is 18.2 Å². The molecule has 0 atom stereocenters. The second kappa shape index (κ2) is 4.62. The van der Waals surface area contributed by atoms with Crippen LogP contribution < -0.4 is 0 Å². The van der Waals surface area contributed by atoms with Crippen LogP contribution in [0.4, 0.5) is 5.69 Å². The largest absolute Gasteiger partial charge is 0.478 e. The minimum atomic E-state index is -1.30. The molecule has 0 spiro atoms. The van der Waals surface area contributed by atoms with Crippen LogP contribution in [-0.2, 0) is 0 Å². The topological polar surface area (TPSA) is 109 Å². The van der Waals surface area contributed by atoms with Crippen LogP contribution in [0.25, 0.3) is 5.69 Å². The molecular weight excluding hydrogens is 250 g/mol. The number of nitro benzene ring substituents is 1. The fourth-order valence-electron chi connectivity index (χ4n) is 1.70. The smallest absolute Gasteiger partial charge is 0.338 e. The van der Waals surface area contributed by atoms with Gasteiger partial charge in [-0.2, -0.15) is 5.26 Å². The van der Waals surface area contributed by atoms with Crippen molar-refractivity contribution >= 4 is 11.7 Å². The van der Waals surface area contributed by atoms with E-state index in [-0.39, 0.29) is 22.6 Å². The molecule has 2 aromatic rings. The van der Waals surface area contributed by atoms with Crippen LogP contribution in [0.15, 0.2) is 36.5 Å². The third kappa shape index (κ3) is 2.14. The lowest BCUT2D eigenvalue weighted by atomic mass is 10.1. The summed E-state index contributed by atoms with van der Waals surface area (Å²) in [6.07, 6.45) is 1.52. The lowest BCUT2D eigenvalue weighted by molar-refractivity contribution is -0.384. The van der Waals surface area contributed by atoms with Gasteiger partial charge in [0, 0.05) is 18.3 Å². The molecule has 1 aromatic carbocycles. The minimum Gasteiger partial charge on any atom is -0.478 e. The average molecular weight is 257 g/mol. The first-order valence-electron chi connectivity index (χ1n) is 5.14. The maximum Gasteiger partial charge on any atom is 0.338 e. The van der Waals surface area contributed by atoms with Crippen LogP contribution >= 0.6 is 0 Å². The summed E-state index contributed by atoms with van der Waals surface area (Å²) in [6.45, 7) is 0. The highest BCUT2D eigenvalue weighted by molar-refractivity contribution is 5.93. The first kappa shape index (κ1) is 12.3. The summed E-state index contributed by atoms with van der Waals surface area (Å²) in [5.74, 6) is -1.30. The van der Waals surface area contributed by atoms with Crippen LogP contribution in [0.5, 0.6) is 0 Å². The predicted molar refractivity (Wildman–Crippen MR) is 64.1 cm³/mol. The first-order valence-corrected chi connectivity index (χ1v) is 5.14. The summed E-state index contributed by atoms with van der Waals surface area (Å²) in [4.78, 5) is 21.2. The molecule has 94 valence electrons. The van der Waals surface area contributed by atoms with Crippen molar-refractivity contribution in [2.75, 3.05) is 0 Å². The van der Waals surface area contributed by atoms with Gasteiger partial charge in [0.1, 0.15) is 11.8 Å². The zero-order chi connectivity index (χ0) is 14.0. The molecule has 0 fully saturated rings. The van der Waals surface area contributed by atoms with Gasteiger partial charge in [0.15, 0.2) is 0 Å². The summed E-state index contributed by atoms with van der Waals surface area (Å²) >= 11 is 0. The number of carboxylic acid groups (broad SMARTS) is 1. The van der Waals surface area contributed by atoms with Gasteiger partial charge in [-0.1, -0.05) is 0 Å². The highest BCUT2D eigenvalue weighted by Gasteiger charge is 2.18. The van der Waals surface area contributed by atoms with Crippen molar-refractivity contribution in [2.24, 2.45) is 0 Å². The molecule has 2 rings (SSSR count). The molecule has 0 unspecified atom stereocenters. The van der Waals surface area contributed by atoms with E-state index in [1.165, 1.54) is 29.0 Å². The maximum absolute atomic E-state index is 11.2. The molecule has 19 heavy (non-hydrogen) atoms. The number of hydrogen-bond acceptors (Lipinski definition) is 4. The zero-order valence-electron chi connectivity index (χ0n) is 9.48. The Kier molecular flexibility index (Phi) is 3.00. The van der Waals surface area contributed by atoms with E-state index in [0.29, 0.717) is 0 Å². The highest BCUT2D eigenvalue weighted by Crippen LogP contribution is 2.22. The minimum absolute atomic E-state index is 0.208. The third-order valence-electron chi connectivity index (χ3n) is 2.54. The van der Waals surface area contributed by atoms with Gasteiger partial charge in [0.05, 0.1) is 16.2 Å². The standard InChI is InChI=1S/C12H7N3O4/c13-7-9-2-1-5-14(9)11-4-3-8(15(18)19)6-10(11)12(16)17/h1-6H,(H,16,17). The molecule has 0 saturated carbocycles. The van der Waals surface area contributed by atoms with Crippen molar-refractivity contribution in [2.45, 2.75) is 0 Å². The molecule has 1 heterocycles. The van der Waals surface area contributed by atoms with Crippen LogP contribution in [-0.4, -0.2) is 20.6 Å². The molecule has 0 amide bonds. The number of hydrogen-bond donors (Lipinski definition) is 1. The third-order valence-corrected chi connectivity index (χ3v) is 2.54. The number of rotatable bonds is 3. The molecule has 0 aliphatic carbocycles. The molecular formula is C12H7N3O4. The Bertz CT molecular complexity index is 712. The van der Waals surface area contributed by atoms with E-state index in [2.05, 4.69) is 0 Å². The predicted octanol–water partition coefficient (Wildman–Crippen LogP) is 1.96. The van der Waals surface area contributed by atoms with Gasteiger partial charge < -0.3 is 9.67 Å². The van der Waals surface area contributed by atoms with Gasteiger partial charge in [-0.3, -0.25) is 10.1 Å². The fourth-order valence-corrected chi connectivity index (χ4v) is 1.70. The zero-order valence-corrected chi connectivity index (χ0v) is 9.48. The first-order chi connectivity index (χ1) is 9.04. The average Bonchev–Trinajstić information content (AvgIpc) is 2.85. The van der Waals surface area contributed by atoms with E-state index < -0.39 is 10.9 Å². The summed E-state index contributed by atoms with van der Waals surface area (Å²) in [5, 5.41) is 28.7. The summed E-state index contributed by atoms with van der Waals surface area (Å²) in [6, 6.07) is 8.50. The Morgan fingerprint density at radius 3 is 2.74 bits per heavy atom. The Hall–Kier alpha value is -3.14. The molecule has 0 aliphatic heterocycles. The fraction of sp³-hybridized carbons (Fsp3) is 0. The molecule has 0 saturated heterocycles. The van der Waals surface area contributed by atoms with Crippen molar-refractivity contribution in [3.05, 3.63) is 57.9 Å². The molecule has 7 heteroatoms. The molecule has 0 bridgehead atoms. The number of nitro groups is 1. The van der Waals surface area contributed by atoms with Crippen LogP contribution in [0, 0.1) is 21.4 Å². The number of benzene rings is 1. The Morgan fingerprint density at radius 1 is 1.42 bits per heavy atom. The van der Waals surface area contributed by atoms with Crippen molar-refractivity contribution in [3.8, 4) is 11.8 Å². The number of aromatic carboxylic acids is 1. The van der Waals surface area contributed by atoms with Crippen molar-refractivity contribution in [1.29, 1.82) is 5.26 Å². The molecule has 0 aliphatic rings. The maximum atomic E-state index is 11.2. The van der Waals surface area contributed by atoms with E-state index in [1.807, 2.05) is 6.07 Å². The molecule has 1 aromatic heterocycles. The lowest BCUT2D eigenvalue weighted by Crippen LogP contribution is -2.07. The van der Waals surface area contributed by atoms with E-state index >= 15 is 0 Å². The second-order valence-corrected chi connectivity index (χ2v) is 3.64. The molecule has 0 radical (unpaired) electrons. The Morgan fingerprint density at radius 2 is 2.16 bits per heavy atom. The summed E-state index contributed by atoms with van der Waals surface area (Å²) in [5.41, 5.74) is -0.0929. The Labute approximate surface area is 107 Å². The SMILES string of the molecule is N#Cc1cccn1-c1ccc([N+](=O)[O-])cc1C(=O)O. The van der Waals surface area contributed by atoms with Gasteiger partial charge in [0.25, 0.3) is 5.69 Å². The van der Waals surface area contributed by atoms with Crippen LogP contribution in [0.1, 0.15) is 16.1 Å². The Balaban J connectivity index is 2.68. The number of non-ortho nitro benzene ring substituents is 1. The number of aromatic nitrogens is 1. The highest BCUT2D eigenvalue weighted by atomic mass is 16.6. The number of carboxylic acids is 1. The van der Waals surface area contributed by atoms with E-state index in [0.717, 1.165) is 6.07 Å². The summed E-state index contributed by atoms with van der Waals surface area (Å²) in [7, 11) is 0. The number of carbonyl (C=O) groups is 1. The van der Waals surface area contributed by atoms with Crippen LogP contribution in [0.2, 0.25) is 0 Å². The quantitative estimate of drug-likeness (QED) is 0.667. The van der Waals surface area contributed by atoms with Gasteiger partial charge >= 0.3 is 5.97 Å². The van der Waals surface area contributed by atoms with Crippen molar-refractivity contribution in [3.63, 3.8) is 0 Å². The van der Waals surface area contributed by atoms with E-state index in [4.69, 9.17) is 10.4 Å². The normalized spacial score (nSPS) is 9.84. The van der Waals surface area contributed by atoms with Crippen molar-refractivity contribution in [1.82, 2.24) is 4.57 Å². The van der Waals surface area contributed by atoms with E-state index in [9.17, 15) is 14.9 Å². The monoisotopic (exact) mass is 257 g/mol. The van der Waals surface area contributed by atoms with Gasteiger partial charge in [-0.25, -0.2) is 4.79 Å². The summed E-state index contributed by atoms with van der Waals surface area (Å²) < 4.78 is 1.37. The number of nitriles is 1. The molecule has 7 nitrogen and oxygen atoms in total.